The molecule has 4 rings (SSSR count). The minimum absolute atomic E-state index is 0.0651. The van der Waals surface area contributed by atoms with E-state index in [-0.39, 0.29) is 5.91 Å². The number of carbonyl (C=O) groups excluding carboxylic acids is 1. The van der Waals surface area contributed by atoms with E-state index in [1.165, 1.54) is 0 Å². The van der Waals surface area contributed by atoms with E-state index >= 15 is 0 Å². The third-order valence-electron chi connectivity index (χ3n) is 5.35. The molecule has 1 aromatic heterocycles. The lowest BCUT2D eigenvalue weighted by Gasteiger charge is -2.27. The van der Waals surface area contributed by atoms with Gasteiger partial charge in [-0.3, -0.25) is 4.79 Å². The predicted octanol–water partition coefficient (Wildman–Crippen LogP) is 4.19. The SMILES string of the molecule is COc1cc(OC)c(C2=CCN(C(=O)c3ccc4ccccc4n3)CC2)c(OC)c1. The molecular formula is C24H24N2O4. The Labute approximate surface area is 175 Å². The molecule has 1 amide bonds. The lowest BCUT2D eigenvalue weighted by Crippen LogP contribution is -2.35. The minimum Gasteiger partial charge on any atom is -0.496 e. The van der Waals surface area contributed by atoms with Crippen molar-refractivity contribution in [2.24, 2.45) is 0 Å². The first kappa shape index (κ1) is 19.8. The number of benzene rings is 2. The van der Waals surface area contributed by atoms with Crippen molar-refractivity contribution in [2.75, 3.05) is 34.4 Å². The molecule has 1 aliphatic heterocycles. The molecule has 0 unspecified atom stereocenters. The first-order valence-electron chi connectivity index (χ1n) is 9.79. The number of pyridine rings is 1. The Bertz CT molecular complexity index is 1100. The van der Waals surface area contributed by atoms with E-state index < -0.39 is 0 Å². The Morgan fingerprint density at radius 3 is 2.33 bits per heavy atom. The molecule has 3 aromatic rings. The van der Waals surface area contributed by atoms with Gasteiger partial charge in [0.05, 0.1) is 32.4 Å². The summed E-state index contributed by atoms with van der Waals surface area (Å²) in [5.41, 5.74) is 3.27. The standard InChI is InChI=1S/C24H24N2O4/c1-28-18-14-21(29-2)23(22(15-18)30-3)17-10-12-26(13-11-17)24(27)20-9-8-16-6-4-5-7-19(16)25-20/h4-10,14-15H,11-13H2,1-3H3. The van der Waals surface area contributed by atoms with Gasteiger partial charge >= 0.3 is 0 Å². The number of hydrogen-bond donors (Lipinski definition) is 0. The highest BCUT2D eigenvalue weighted by Crippen LogP contribution is 2.40. The Morgan fingerprint density at radius 2 is 1.70 bits per heavy atom. The van der Waals surface area contributed by atoms with Crippen LogP contribution in [0.25, 0.3) is 16.5 Å². The fourth-order valence-electron chi connectivity index (χ4n) is 3.75. The molecule has 2 heterocycles. The van der Waals surface area contributed by atoms with Crippen LogP contribution in [0.2, 0.25) is 0 Å². The van der Waals surface area contributed by atoms with Crippen molar-refractivity contribution in [2.45, 2.75) is 6.42 Å². The molecule has 0 bridgehead atoms. The average Bonchev–Trinajstić information content (AvgIpc) is 2.82. The maximum Gasteiger partial charge on any atom is 0.272 e. The molecule has 0 aliphatic carbocycles. The molecule has 30 heavy (non-hydrogen) atoms. The molecule has 0 N–H and O–H groups in total. The molecule has 0 saturated heterocycles. The van der Waals surface area contributed by atoms with Crippen LogP contribution in [-0.2, 0) is 0 Å². The van der Waals surface area contributed by atoms with Crippen molar-refractivity contribution >= 4 is 22.4 Å². The van der Waals surface area contributed by atoms with Crippen LogP contribution in [0.5, 0.6) is 17.2 Å². The van der Waals surface area contributed by atoms with E-state index in [2.05, 4.69) is 11.1 Å². The van der Waals surface area contributed by atoms with Gasteiger partial charge in [0.2, 0.25) is 0 Å². The molecule has 0 spiro atoms. The number of ether oxygens (including phenoxy) is 3. The van der Waals surface area contributed by atoms with Crippen LogP contribution in [0.3, 0.4) is 0 Å². The highest BCUT2D eigenvalue weighted by Gasteiger charge is 2.24. The van der Waals surface area contributed by atoms with Gasteiger partial charge in [0.15, 0.2) is 0 Å². The van der Waals surface area contributed by atoms with Gasteiger partial charge in [-0.25, -0.2) is 4.98 Å². The summed E-state index contributed by atoms with van der Waals surface area (Å²) in [5.74, 6) is 1.98. The summed E-state index contributed by atoms with van der Waals surface area (Å²) in [5, 5.41) is 1.02. The van der Waals surface area contributed by atoms with Crippen LogP contribution in [0, 0.1) is 0 Å². The molecule has 0 atom stereocenters. The summed E-state index contributed by atoms with van der Waals surface area (Å²) in [6.45, 7) is 1.10. The third-order valence-corrected chi connectivity index (χ3v) is 5.35. The summed E-state index contributed by atoms with van der Waals surface area (Å²) in [7, 11) is 4.86. The van der Waals surface area contributed by atoms with Gasteiger partial charge in [-0.15, -0.1) is 0 Å². The Morgan fingerprint density at radius 1 is 0.967 bits per heavy atom. The van der Waals surface area contributed by atoms with Crippen LogP contribution in [0.1, 0.15) is 22.5 Å². The topological polar surface area (TPSA) is 60.9 Å². The number of para-hydroxylation sites is 1. The van der Waals surface area contributed by atoms with Gasteiger partial charge in [-0.2, -0.15) is 0 Å². The first-order chi connectivity index (χ1) is 14.6. The Balaban J connectivity index is 1.59. The number of aromatic nitrogens is 1. The number of carbonyl (C=O) groups is 1. The van der Waals surface area contributed by atoms with Crippen molar-refractivity contribution in [1.82, 2.24) is 9.88 Å². The molecule has 1 aliphatic rings. The molecule has 6 heteroatoms. The molecule has 0 saturated carbocycles. The number of methoxy groups -OCH3 is 3. The normalized spacial score (nSPS) is 13.7. The fraction of sp³-hybridized carbons (Fsp3) is 0.250. The van der Waals surface area contributed by atoms with E-state index in [4.69, 9.17) is 14.2 Å². The van der Waals surface area contributed by atoms with Crippen molar-refractivity contribution in [1.29, 1.82) is 0 Å². The number of nitrogens with zero attached hydrogens (tertiary/aromatic N) is 2. The molecule has 6 nitrogen and oxygen atoms in total. The van der Waals surface area contributed by atoms with Crippen molar-refractivity contribution < 1.29 is 19.0 Å². The van der Waals surface area contributed by atoms with Crippen LogP contribution in [0.15, 0.2) is 54.6 Å². The van der Waals surface area contributed by atoms with Crippen molar-refractivity contribution in [3.05, 3.63) is 65.9 Å². The molecule has 154 valence electrons. The highest BCUT2D eigenvalue weighted by molar-refractivity contribution is 5.95. The second-order valence-electron chi connectivity index (χ2n) is 7.03. The zero-order valence-corrected chi connectivity index (χ0v) is 17.3. The number of amides is 1. The first-order valence-corrected chi connectivity index (χ1v) is 9.79. The van der Waals surface area contributed by atoms with E-state index in [9.17, 15) is 4.79 Å². The highest BCUT2D eigenvalue weighted by atomic mass is 16.5. The smallest absolute Gasteiger partial charge is 0.272 e. The summed E-state index contributed by atoms with van der Waals surface area (Å²) < 4.78 is 16.5. The summed E-state index contributed by atoms with van der Waals surface area (Å²) in [6, 6.07) is 15.2. The van der Waals surface area contributed by atoms with Crippen LogP contribution >= 0.6 is 0 Å². The number of hydrogen-bond acceptors (Lipinski definition) is 5. The van der Waals surface area contributed by atoms with E-state index in [0.29, 0.717) is 42.5 Å². The molecule has 0 radical (unpaired) electrons. The third kappa shape index (κ3) is 3.68. The minimum atomic E-state index is -0.0651. The van der Waals surface area contributed by atoms with Crippen LogP contribution < -0.4 is 14.2 Å². The fourth-order valence-corrected chi connectivity index (χ4v) is 3.75. The second-order valence-corrected chi connectivity index (χ2v) is 7.03. The van der Waals surface area contributed by atoms with E-state index in [1.807, 2.05) is 47.4 Å². The van der Waals surface area contributed by atoms with Crippen LogP contribution in [0.4, 0.5) is 0 Å². The lowest BCUT2D eigenvalue weighted by atomic mass is 9.97. The quantitative estimate of drug-likeness (QED) is 0.638. The molecule has 0 fully saturated rings. The predicted molar refractivity (Wildman–Crippen MR) is 116 cm³/mol. The van der Waals surface area contributed by atoms with Gasteiger partial charge in [0.1, 0.15) is 22.9 Å². The Hall–Kier alpha value is -3.54. The zero-order chi connectivity index (χ0) is 21.1. The monoisotopic (exact) mass is 404 g/mol. The molecule has 2 aromatic carbocycles. The van der Waals surface area contributed by atoms with Gasteiger partial charge in [-0.1, -0.05) is 30.3 Å². The maximum absolute atomic E-state index is 13.0. The summed E-state index contributed by atoms with van der Waals surface area (Å²) in [4.78, 5) is 19.3. The van der Waals surface area contributed by atoms with Gasteiger partial charge in [0, 0.05) is 30.6 Å². The van der Waals surface area contributed by atoms with Gasteiger partial charge in [-0.05, 0) is 24.1 Å². The maximum atomic E-state index is 13.0. The van der Waals surface area contributed by atoms with Crippen LogP contribution in [-0.4, -0.2) is 50.2 Å². The molecular weight excluding hydrogens is 380 g/mol. The van der Waals surface area contributed by atoms with Crippen molar-refractivity contribution in [3.63, 3.8) is 0 Å². The Kier molecular flexibility index (Phi) is 5.57. The largest absolute Gasteiger partial charge is 0.496 e. The van der Waals surface area contributed by atoms with E-state index in [1.54, 1.807) is 27.4 Å². The van der Waals surface area contributed by atoms with Gasteiger partial charge < -0.3 is 19.1 Å². The van der Waals surface area contributed by atoms with Gasteiger partial charge in [0.25, 0.3) is 5.91 Å². The number of rotatable bonds is 5. The zero-order valence-electron chi connectivity index (χ0n) is 17.3. The summed E-state index contributed by atoms with van der Waals surface area (Å²) in [6.07, 6.45) is 2.74. The van der Waals surface area contributed by atoms with E-state index in [0.717, 1.165) is 22.0 Å². The number of fused-ring (bicyclic) bond motifs is 1. The summed E-state index contributed by atoms with van der Waals surface area (Å²) >= 11 is 0. The average molecular weight is 404 g/mol. The lowest BCUT2D eigenvalue weighted by molar-refractivity contribution is 0.0767. The second kappa shape index (κ2) is 8.45. The van der Waals surface area contributed by atoms with Crippen molar-refractivity contribution in [3.8, 4) is 17.2 Å².